The van der Waals surface area contributed by atoms with Gasteiger partial charge in [-0.3, -0.25) is 4.79 Å². The summed E-state index contributed by atoms with van der Waals surface area (Å²) in [6, 6.07) is 7.09. The number of carbonyl (C=O) groups excluding carboxylic acids is 2. The zero-order chi connectivity index (χ0) is 30.8. The van der Waals surface area contributed by atoms with E-state index >= 15 is 0 Å². The Bertz CT molecular complexity index is 1190. The van der Waals surface area contributed by atoms with Gasteiger partial charge in [-0.15, -0.1) is 6.58 Å². The Hall–Kier alpha value is -3.19. The maximum atomic E-state index is 12.9. The molecule has 2 atom stereocenters. The first-order valence-corrected chi connectivity index (χ1v) is 15.5. The van der Waals surface area contributed by atoms with Crippen molar-refractivity contribution >= 4 is 17.6 Å². The van der Waals surface area contributed by atoms with Gasteiger partial charge in [-0.1, -0.05) is 108 Å². The number of benzene rings is 1. The van der Waals surface area contributed by atoms with E-state index in [4.69, 9.17) is 9.68 Å². The number of amides is 1. The minimum absolute atomic E-state index is 0.00759. The maximum Gasteiger partial charge on any atom is 0.363 e. The molecule has 0 bridgehead atoms. The highest BCUT2D eigenvalue weighted by Gasteiger charge is 2.47. The quantitative estimate of drug-likeness (QED) is 0.102. The number of unbranched alkanes of at least 4 members (excludes halogenated alkanes) is 5. The average molecular weight is 579 g/mol. The number of hydrogen-bond donors (Lipinski definition) is 2. The van der Waals surface area contributed by atoms with Gasteiger partial charge in [0.15, 0.2) is 0 Å². The maximum absolute atomic E-state index is 12.9. The van der Waals surface area contributed by atoms with Crippen LogP contribution in [0.15, 0.2) is 65.4 Å². The van der Waals surface area contributed by atoms with Gasteiger partial charge in [0.1, 0.15) is 0 Å². The first kappa shape index (κ1) is 33.3. The van der Waals surface area contributed by atoms with Crippen LogP contribution in [0.25, 0.3) is 0 Å². The Kier molecular flexibility index (Phi) is 12.2. The van der Waals surface area contributed by atoms with Crippen LogP contribution in [0, 0.1) is 16.7 Å². The molecule has 0 aliphatic heterocycles. The molecule has 1 aromatic carbocycles. The van der Waals surface area contributed by atoms with Crippen molar-refractivity contribution in [1.82, 2.24) is 5.48 Å². The van der Waals surface area contributed by atoms with E-state index in [0.29, 0.717) is 24.1 Å². The number of aliphatic hydroxyl groups excluding tert-OH is 1. The normalized spacial score (nSPS) is 20.5. The molecule has 7 nitrogen and oxygen atoms in total. The molecular formula is C35H50N2O5. The highest BCUT2D eigenvalue weighted by molar-refractivity contribution is 6.02. The molecule has 2 aliphatic rings. The number of nitrogens with one attached hydrogen (secondary N) is 1. The number of oxime groups is 1. The molecule has 0 heterocycles. The number of carbonyl (C=O) groups is 2. The predicted molar refractivity (Wildman–Crippen MR) is 167 cm³/mol. The summed E-state index contributed by atoms with van der Waals surface area (Å²) in [4.78, 5) is 36.4. The molecule has 0 radical (unpaired) electrons. The lowest BCUT2D eigenvalue weighted by Gasteiger charge is -2.49. The van der Waals surface area contributed by atoms with E-state index in [1.54, 1.807) is 18.2 Å². The fourth-order valence-corrected chi connectivity index (χ4v) is 5.98. The third kappa shape index (κ3) is 9.15. The number of allylic oxidation sites excluding steroid dienone is 4. The summed E-state index contributed by atoms with van der Waals surface area (Å²) < 4.78 is 0. The molecule has 230 valence electrons. The second-order valence-electron chi connectivity index (χ2n) is 13.0. The molecule has 2 N–H and O–H groups in total. The van der Waals surface area contributed by atoms with Crippen LogP contribution in [0.2, 0.25) is 0 Å². The molecule has 0 aromatic heterocycles. The zero-order valence-electron chi connectivity index (χ0n) is 26.2. The third-order valence-electron chi connectivity index (χ3n) is 8.55. The fraction of sp³-hybridized carbons (Fsp3) is 0.571. The largest absolute Gasteiger partial charge is 0.364 e. The summed E-state index contributed by atoms with van der Waals surface area (Å²) >= 11 is 0. The summed E-state index contributed by atoms with van der Waals surface area (Å²) in [5.74, 6) is -1.06. The van der Waals surface area contributed by atoms with Crippen molar-refractivity contribution < 1.29 is 24.4 Å². The molecule has 2 unspecified atom stereocenters. The monoisotopic (exact) mass is 578 g/mol. The van der Waals surface area contributed by atoms with Gasteiger partial charge in [0.25, 0.3) is 5.91 Å². The van der Waals surface area contributed by atoms with Crippen molar-refractivity contribution in [1.29, 1.82) is 0 Å². The molecule has 1 aromatic rings. The highest BCUT2D eigenvalue weighted by Crippen LogP contribution is 2.54. The number of hydroxylamine groups is 1. The first-order chi connectivity index (χ1) is 20.0. The van der Waals surface area contributed by atoms with Crippen molar-refractivity contribution in [3.8, 4) is 0 Å². The molecule has 1 amide bonds. The predicted octanol–water partition coefficient (Wildman–Crippen LogP) is 7.76. The van der Waals surface area contributed by atoms with E-state index in [2.05, 4.69) is 57.9 Å². The molecule has 0 saturated heterocycles. The van der Waals surface area contributed by atoms with Crippen LogP contribution in [-0.2, 0) is 20.9 Å². The molecular weight excluding hydrogens is 528 g/mol. The van der Waals surface area contributed by atoms with Crippen LogP contribution in [0.5, 0.6) is 0 Å². The fourth-order valence-electron chi connectivity index (χ4n) is 5.98. The van der Waals surface area contributed by atoms with Crippen molar-refractivity contribution in [3.05, 3.63) is 71.3 Å². The van der Waals surface area contributed by atoms with E-state index < -0.39 is 18.2 Å². The summed E-state index contributed by atoms with van der Waals surface area (Å²) in [6.07, 6.45) is 14.6. The minimum Gasteiger partial charge on any atom is -0.364 e. The van der Waals surface area contributed by atoms with Gasteiger partial charge in [0.2, 0.25) is 6.29 Å². The third-order valence-corrected chi connectivity index (χ3v) is 8.55. The Balaban J connectivity index is 1.71. The summed E-state index contributed by atoms with van der Waals surface area (Å²) in [5.41, 5.74) is 5.99. The van der Waals surface area contributed by atoms with Crippen molar-refractivity contribution in [3.63, 3.8) is 0 Å². The van der Waals surface area contributed by atoms with Crippen molar-refractivity contribution in [2.45, 2.75) is 112 Å². The van der Waals surface area contributed by atoms with Crippen LogP contribution >= 0.6 is 0 Å². The number of fused-ring (bicyclic) bond motifs is 1. The molecule has 2 aliphatic carbocycles. The molecule has 3 rings (SSSR count). The van der Waals surface area contributed by atoms with E-state index in [1.807, 2.05) is 18.2 Å². The van der Waals surface area contributed by atoms with Gasteiger partial charge in [0, 0.05) is 12.3 Å². The number of hydrogen-bond acceptors (Lipinski definition) is 6. The Labute approximate surface area is 252 Å². The van der Waals surface area contributed by atoms with E-state index in [0.717, 1.165) is 36.8 Å². The molecule has 42 heavy (non-hydrogen) atoms. The van der Waals surface area contributed by atoms with Gasteiger partial charge in [-0.2, -0.15) is 5.48 Å². The van der Waals surface area contributed by atoms with Crippen molar-refractivity contribution in [2.75, 3.05) is 0 Å². The van der Waals surface area contributed by atoms with E-state index in [1.165, 1.54) is 31.3 Å². The lowest BCUT2D eigenvalue weighted by molar-refractivity contribution is -0.129. The number of nitrogens with zero attached hydrogens (tertiary/aromatic N) is 1. The average Bonchev–Trinajstić information content (AvgIpc) is 2.95. The van der Waals surface area contributed by atoms with Crippen LogP contribution in [0.3, 0.4) is 0 Å². The Morgan fingerprint density at radius 3 is 2.55 bits per heavy atom. The SMILES string of the molecule is C=CCc1ccccc1C(=O)ONC(=O)CC1=CC(=NOC(O)CCCCCCCC)C2C(=C1)C(C)(C)CCC2(C)C. The summed E-state index contributed by atoms with van der Waals surface area (Å²) in [5, 5.41) is 15.0. The van der Waals surface area contributed by atoms with Crippen LogP contribution in [0.1, 0.15) is 115 Å². The second kappa shape index (κ2) is 15.3. The summed E-state index contributed by atoms with van der Waals surface area (Å²) in [7, 11) is 0. The van der Waals surface area contributed by atoms with E-state index in [9.17, 15) is 14.7 Å². The lowest BCUT2D eigenvalue weighted by Crippen LogP contribution is -2.43. The zero-order valence-corrected chi connectivity index (χ0v) is 26.2. The Morgan fingerprint density at radius 1 is 1.10 bits per heavy atom. The van der Waals surface area contributed by atoms with Gasteiger partial charge in [0.05, 0.1) is 17.7 Å². The molecule has 0 spiro atoms. The lowest BCUT2D eigenvalue weighted by atomic mass is 9.55. The van der Waals surface area contributed by atoms with E-state index in [-0.39, 0.29) is 23.2 Å². The smallest absolute Gasteiger partial charge is 0.363 e. The summed E-state index contributed by atoms with van der Waals surface area (Å²) in [6.45, 7) is 14.8. The van der Waals surface area contributed by atoms with Crippen molar-refractivity contribution in [2.24, 2.45) is 21.9 Å². The highest BCUT2D eigenvalue weighted by atomic mass is 16.7. The van der Waals surface area contributed by atoms with Crippen LogP contribution in [-0.4, -0.2) is 29.0 Å². The molecule has 7 heteroatoms. The van der Waals surface area contributed by atoms with Gasteiger partial charge >= 0.3 is 5.97 Å². The van der Waals surface area contributed by atoms with Gasteiger partial charge in [-0.05, 0) is 59.8 Å². The van der Waals surface area contributed by atoms with Crippen LogP contribution in [0.4, 0.5) is 0 Å². The number of rotatable bonds is 14. The number of aliphatic hydroxyl groups is 1. The van der Waals surface area contributed by atoms with Gasteiger partial charge in [-0.25, -0.2) is 4.79 Å². The first-order valence-electron chi connectivity index (χ1n) is 15.5. The molecule has 1 fully saturated rings. The standard InChI is InChI=1S/C35H50N2O5/c1-7-9-10-11-12-13-19-31(39)41-36-29-23-25(22-28-32(29)35(5,6)21-20-34(28,3)4)24-30(38)37-42-33(40)27-18-15-14-17-26(27)16-8-2/h8,14-15,17-18,22-23,31-32,39H,2,7,9-13,16,19-21,24H2,1,3-6H3,(H,37,38). The molecule has 1 saturated carbocycles. The topological polar surface area (TPSA) is 97.2 Å². The van der Waals surface area contributed by atoms with Gasteiger partial charge < -0.3 is 14.8 Å². The Morgan fingerprint density at radius 2 is 1.81 bits per heavy atom. The van der Waals surface area contributed by atoms with Crippen LogP contribution < -0.4 is 5.48 Å². The minimum atomic E-state index is -0.971. The second-order valence-corrected chi connectivity index (χ2v) is 13.0.